The number of rotatable bonds is 5. The molecule has 4 aromatic rings. The van der Waals surface area contributed by atoms with E-state index in [2.05, 4.69) is 20.6 Å². The van der Waals surface area contributed by atoms with Crippen molar-refractivity contribution in [3.63, 3.8) is 0 Å². The first-order valence-electron chi connectivity index (χ1n) is 7.92. The molecule has 0 aliphatic carbocycles. The molecule has 1 N–H and O–H groups in total. The molecule has 0 amide bonds. The second-order valence-corrected chi connectivity index (χ2v) is 5.74. The Balaban J connectivity index is 1.43. The topological polar surface area (TPSA) is 68.2 Å². The van der Waals surface area contributed by atoms with Crippen LogP contribution in [0.1, 0.15) is 17.1 Å². The van der Waals surface area contributed by atoms with Crippen LogP contribution >= 0.6 is 0 Å². The molecule has 0 saturated carbocycles. The van der Waals surface area contributed by atoms with Gasteiger partial charge >= 0.3 is 0 Å². The number of aryl methyl sites for hydroxylation is 1. The molecule has 126 valence electrons. The van der Waals surface area contributed by atoms with E-state index in [9.17, 15) is 4.39 Å². The van der Waals surface area contributed by atoms with Crippen molar-refractivity contribution in [3.8, 4) is 11.3 Å². The minimum Gasteiger partial charge on any atom is -0.460 e. The zero-order valence-electron chi connectivity index (χ0n) is 13.6. The van der Waals surface area contributed by atoms with E-state index in [1.807, 2.05) is 31.2 Å². The number of aromatic nitrogens is 4. The van der Waals surface area contributed by atoms with Crippen LogP contribution in [0.5, 0.6) is 0 Å². The Kier molecular flexibility index (Phi) is 3.99. The van der Waals surface area contributed by atoms with E-state index in [0.717, 1.165) is 28.5 Å². The van der Waals surface area contributed by atoms with Gasteiger partial charge in [0, 0.05) is 11.8 Å². The predicted octanol–water partition coefficient (Wildman–Crippen LogP) is 3.12. The molecule has 0 bridgehead atoms. The molecule has 1 aromatic carbocycles. The first-order chi connectivity index (χ1) is 12.2. The van der Waals surface area contributed by atoms with Crippen molar-refractivity contribution < 1.29 is 8.81 Å². The zero-order valence-corrected chi connectivity index (χ0v) is 13.6. The van der Waals surface area contributed by atoms with Crippen LogP contribution in [0.4, 0.5) is 4.39 Å². The van der Waals surface area contributed by atoms with E-state index in [1.54, 1.807) is 16.8 Å². The molecule has 0 saturated heterocycles. The molecular weight excluding hydrogens is 321 g/mol. The molecule has 0 atom stereocenters. The van der Waals surface area contributed by atoms with Gasteiger partial charge in [-0.1, -0.05) is 0 Å². The van der Waals surface area contributed by atoms with Crippen molar-refractivity contribution in [2.45, 2.75) is 20.0 Å². The molecule has 3 heterocycles. The van der Waals surface area contributed by atoms with Crippen LogP contribution in [0, 0.1) is 12.7 Å². The largest absolute Gasteiger partial charge is 0.460 e. The SMILES string of the molecule is Cc1cc(F)ccc1-c1ccc(CNCc2nnc3cccnn23)o1. The normalized spacial score (nSPS) is 11.3. The van der Waals surface area contributed by atoms with Crippen molar-refractivity contribution >= 4 is 5.65 Å². The Hall–Kier alpha value is -3.06. The minimum atomic E-state index is -0.246. The number of benzene rings is 1. The van der Waals surface area contributed by atoms with Crippen LogP contribution in [0.2, 0.25) is 0 Å². The molecule has 0 spiro atoms. The Bertz CT molecular complexity index is 1020. The summed E-state index contributed by atoms with van der Waals surface area (Å²) in [4.78, 5) is 0. The van der Waals surface area contributed by atoms with Crippen molar-refractivity contribution in [1.82, 2.24) is 25.1 Å². The fourth-order valence-electron chi connectivity index (χ4n) is 2.72. The van der Waals surface area contributed by atoms with Crippen molar-refractivity contribution in [3.05, 3.63) is 71.6 Å². The lowest BCUT2D eigenvalue weighted by Gasteiger charge is -2.03. The Morgan fingerprint density at radius 3 is 2.92 bits per heavy atom. The van der Waals surface area contributed by atoms with Gasteiger partial charge in [-0.3, -0.25) is 0 Å². The standard InChI is InChI=1S/C18H16FN5O/c1-12-9-13(19)4-6-15(12)16-7-5-14(25-16)10-20-11-18-23-22-17-3-2-8-21-24(17)18/h2-9,20H,10-11H2,1H3. The van der Waals surface area contributed by atoms with Gasteiger partial charge in [0.05, 0.1) is 13.1 Å². The van der Waals surface area contributed by atoms with Crippen LogP contribution in [-0.2, 0) is 13.1 Å². The van der Waals surface area contributed by atoms with Crippen LogP contribution in [0.3, 0.4) is 0 Å². The summed E-state index contributed by atoms with van der Waals surface area (Å²) < 4.78 is 20.8. The van der Waals surface area contributed by atoms with Gasteiger partial charge in [-0.2, -0.15) is 9.61 Å². The number of hydrogen-bond donors (Lipinski definition) is 1. The molecule has 0 aliphatic heterocycles. The quantitative estimate of drug-likeness (QED) is 0.606. The van der Waals surface area contributed by atoms with Gasteiger partial charge < -0.3 is 9.73 Å². The lowest BCUT2D eigenvalue weighted by atomic mass is 10.1. The summed E-state index contributed by atoms with van der Waals surface area (Å²) in [5, 5.41) is 15.7. The lowest BCUT2D eigenvalue weighted by Crippen LogP contribution is -2.15. The van der Waals surface area contributed by atoms with Gasteiger partial charge in [0.25, 0.3) is 0 Å². The molecule has 25 heavy (non-hydrogen) atoms. The van der Waals surface area contributed by atoms with Crippen molar-refractivity contribution in [1.29, 1.82) is 0 Å². The lowest BCUT2D eigenvalue weighted by molar-refractivity contribution is 0.488. The predicted molar refractivity (Wildman–Crippen MR) is 90.2 cm³/mol. The molecular formula is C18H16FN5O. The van der Waals surface area contributed by atoms with Gasteiger partial charge in [0.1, 0.15) is 17.3 Å². The Morgan fingerprint density at radius 1 is 1.12 bits per heavy atom. The Morgan fingerprint density at radius 2 is 2.04 bits per heavy atom. The first kappa shape index (κ1) is 15.5. The average molecular weight is 337 g/mol. The summed E-state index contributed by atoms with van der Waals surface area (Å²) in [7, 11) is 0. The highest BCUT2D eigenvalue weighted by atomic mass is 19.1. The average Bonchev–Trinajstić information content (AvgIpc) is 3.23. The summed E-state index contributed by atoms with van der Waals surface area (Å²) in [6.45, 7) is 2.92. The number of halogens is 1. The summed E-state index contributed by atoms with van der Waals surface area (Å²) in [6, 6.07) is 12.1. The van der Waals surface area contributed by atoms with Crippen LogP contribution < -0.4 is 5.32 Å². The number of hydrogen-bond acceptors (Lipinski definition) is 5. The van der Waals surface area contributed by atoms with Crippen LogP contribution in [0.25, 0.3) is 17.0 Å². The van der Waals surface area contributed by atoms with E-state index < -0.39 is 0 Å². The minimum absolute atomic E-state index is 0.246. The maximum Gasteiger partial charge on any atom is 0.177 e. The fraction of sp³-hybridized carbons (Fsp3) is 0.167. The third-order valence-corrected chi connectivity index (χ3v) is 3.94. The Labute approximate surface area is 143 Å². The van der Waals surface area contributed by atoms with Crippen LogP contribution in [0.15, 0.2) is 53.1 Å². The van der Waals surface area contributed by atoms with Gasteiger partial charge in [-0.05, 0) is 55.0 Å². The molecule has 4 rings (SSSR count). The smallest absolute Gasteiger partial charge is 0.177 e. The fourth-order valence-corrected chi connectivity index (χ4v) is 2.72. The summed E-state index contributed by atoms with van der Waals surface area (Å²) in [5.74, 6) is 2.00. The molecule has 3 aromatic heterocycles. The summed E-state index contributed by atoms with van der Waals surface area (Å²) >= 11 is 0. The van der Waals surface area contributed by atoms with E-state index >= 15 is 0 Å². The number of nitrogens with one attached hydrogen (secondary N) is 1. The van der Waals surface area contributed by atoms with Gasteiger partial charge in [0.2, 0.25) is 0 Å². The highest BCUT2D eigenvalue weighted by Crippen LogP contribution is 2.26. The second kappa shape index (κ2) is 6.45. The molecule has 6 nitrogen and oxygen atoms in total. The molecule has 0 aliphatic rings. The molecule has 0 fully saturated rings. The van der Waals surface area contributed by atoms with E-state index in [1.165, 1.54) is 12.1 Å². The molecule has 0 radical (unpaired) electrons. The zero-order chi connectivity index (χ0) is 17.2. The van der Waals surface area contributed by atoms with E-state index in [4.69, 9.17) is 4.42 Å². The van der Waals surface area contributed by atoms with E-state index in [-0.39, 0.29) is 5.82 Å². The van der Waals surface area contributed by atoms with E-state index in [0.29, 0.717) is 18.7 Å². The maximum absolute atomic E-state index is 13.2. The number of nitrogens with zero attached hydrogens (tertiary/aromatic N) is 4. The number of fused-ring (bicyclic) bond motifs is 1. The highest BCUT2D eigenvalue weighted by molar-refractivity contribution is 5.62. The maximum atomic E-state index is 13.2. The van der Waals surface area contributed by atoms with Crippen molar-refractivity contribution in [2.75, 3.05) is 0 Å². The van der Waals surface area contributed by atoms with Crippen molar-refractivity contribution in [2.24, 2.45) is 0 Å². The van der Waals surface area contributed by atoms with Gasteiger partial charge in [-0.25, -0.2) is 4.39 Å². The van der Waals surface area contributed by atoms with Crippen LogP contribution in [-0.4, -0.2) is 19.8 Å². The first-order valence-corrected chi connectivity index (χ1v) is 7.92. The third kappa shape index (κ3) is 3.14. The summed E-state index contributed by atoms with van der Waals surface area (Å²) in [5.41, 5.74) is 2.45. The number of furan rings is 1. The summed E-state index contributed by atoms with van der Waals surface area (Å²) in [6.07, 6.45) is 1.70. The third-order valence-electron chi connectivity index (χ3n) is 3.94. The van der Waals surface area contributed by atoms with Gasteiger partial charge in [0.15, 0.2) is 11.5 Å². The van der Waals surface area contributed by atoms with Gasteiger partial charge in [-0.15, -0.1) is 10.2 Å². The second-order valence-electron chi connectivity index (χ2n) is 5.74. The highest BCUT2D eigenvalue weighted by Gasteiger charge is 2.09. The molecule has 0 unspecified atom stereocenters. The molecule has 7 heteroatoms. The monoisotopic (exact) mass is 337 g/mol.